The van der Waals surface area contributed by atoms with Gasteiger partial charge in [-0.3, -0.25) is 4.79 Å². The molecule has 0 aliphatic heterocycles. The molecule has 0 aliphatic rings. The lowest BCUT2D eigenvalue weighted by atomic mass is 10.1. The van der Waals surface area contributed by atoms with Crippen LogP contribution in [0.15, 0.2) is 48.5 Å². The summed E-state index contributed by atoms with van der Waals surface area (Å²) in [5.74, 6) is 5.19. The smallest absolute Gasteiger partial charge is 0.255 e. The van der Waals surface area contributed by atoms with Gasteiger partial charge in [-0.15, -0.1) is 0 Å². The third-order valence-electron chi connectivity index (χ3n) is 2.73. The van der Waals surface area contributed by atoms with Gasteiger partial charge >= 0.3 is 0 Å². The predicted octanol–water partition coefficient (Wildman–Crippen LogP) is 2.59. The van der Waals surface area contributed by atoms with Crippen LogP contribution in [0.1, 0.15) is 21.5 Å². The maximum atomic E-state index is 12.1. The van der Waals surface area contributed by atoms with Crippen molar-refractivity contribution in [2.45, 2.75) is 6.92 Å². The highest BCUT2D eigenvalue weighted by atomic mass is 16.2. The van der Waals surface area contributed by atoms with E-state index in [9.17, 15) is 4.79 Å². The monoisotopic (exact) mass is 265 g/mol. The van der Waals surface area contributed by atoms with E-state index in [1.807, 2.05) is 31.2 Å². The number of aliphatic hydroxyl groups excluding tert-OH is 1. The number of nitrogens with one attached hydrogen (secondary N) is 1. The first-order valence-electron chi connectivity index (χ1n) is 6.27. The number of hydrogen-bond acceptors (Lipinski definition) is 2. The molecule has 2 N–H and O–H groups in total. The third kappa shape index (κ3) is 3.71. The molecule has 0 aromatic heterocycles. The topological polar surface area (TPSA) is 49.3 Å². The van der Waals surface area contributed by atoms with Gasteiger partial charge in [-0.2, -0.15) is 0 Å². The van der Waals surface area contributed by atoms with Gasteiger partial charge in [0.1, 0.15) is 6.61 Å². The molecule has 100 valence electrons. The summed E-state index contributed by atoms with van der Waals surface area (Å²) in [7, 11) is 0. The van der Waals surface area contributed by atoms with Crippen LogP contribution in [0.2, 0.25) is 0 Å². The number of aliphatic hydroxyl groups is 1. The third-order valence-corrected chi connectivity index (χ3v) is 2.73. The van der Waals surface area contributed by atoms with E-state index in [0.29, 0.717) is 5.56 Å². The first kappa shape index (κ1) is 13.9. The number of aryl methyl sites for hydroxylation is 1. The molecule has 0 unspecified atom stereocenters. The molecule has 0 saturated carbocycles. The average Bonchev–Trinajstić information content (AvgIpc) is 2.45. The molecule has 0 radical (unpaired) electrons. The van der Waals surface area contributed by atoms with Gasteiger partial charge in [0.05, 0.1) is 0 Å². The Morgan fingerprint density at radius 3 is 2.60 bits per heavy atom. The summed E-state index contributed by atoms with van der Waals surface area (Å²) < 4.78 is 0. The Hall–Kier alpha value is -2.57. The second-order valence-electron chi connectivity index (χ2n) is 4.36. The molecular formula is C17H15NO2. The predicted molar refractivity (Wildman–Crippen MR) is 79.5 cm³/mol. The lowest BCUT2D eigenvalue weighted by molar-refractivity contribution is 0.102. The van der Waals surface area contributed by atoms with Gasteiger partial charge in [-0.05, 0) is 48.9 Å². The van der Waals surface area contributed by atoms with Crippen molar-refractivity contribution in [3.8, 4) is 11.8 Å². The van der Waals surface area contributed by atoms with E-state index >= 15 is 0 Å². The molecule has 3 heteroatoms. The molecule has 3 nitrogen and oxygen atoms in total. The molecular weight excluding hydrogens is 250 g/mol. The van der Waals surface area contributed by atoms with Crippen LogP contribution in [0, 0.1) is 18.8 Å². The Morgan fingerprint density at radius 2 is 1.95 bits per heavy atom. The summed E-state index contributed by atoms with van der Waals surface area (Å²) in [6.07, 6.45) is 0. The van der Waals surface area contributed by atoms with Crippen molar-refractivity contribution in [3.63, 3.8) is 0 Å². The van der Waals surface area contributed by atoms with Crippen LogP contribution in [-0.2, 0) is 0 Å². The summed E-state index contributed by atoms with van der Waals surface area (Å²) in [5, 5.41) is 11.5. The molecule has 2 aromatic rings. The Kier molecular flexibility index (Phi) is 4.54. The fourth-order valence-electron chi connectivity index (χ4n) is 1.77. The second-order valence-corrected chi connectivity index (χ2v) is 4.36. The maximum Gasteiger partial charge on any atom is 0.255 e. The highest BCUT2D eigenvalue weighted by Crippen LogP contribution is 2.12. The van der Waals surface area contributed by atoms with Crippen LogP contribution in [0.25, 0.3) is 0 Å². The number of rotatable bonds is 2. The SMILES string of the molecule is Cc1cccc(NC(=O)c2ccc(C#CCO)cc2)c1. The van der Waals surface area contributed by atoms with Crippen molar-refractivity contribution >= 4 is 11.6 Å². The Morgan fingerprint density at radius 1 is 1.20 bits per heavy atom. The fraction of sp³-hybridized carbons (Fsp3) is 0.118. The van der Waals surface area contributed by atoms with Crippen molar-refractivity contribution in [1.82, 2.24) is 0 Å². The zero-order valence-corrected chi connectivity index (χ0v) is 11.2. The van der Waals surface area contributed by atoms with E-state index in [1.54, 1.807) is 24.3 Å². The highest BCUT2D eigenvalue weighted by Gasteiger charge is 2.05. The Bertz CT molecular complexity index is 663. The quantitative estimate of drug-likeness (QED) is 0.820. The van der Waals surface area contributed by atoms with Gasteiger partial charge < -0.3 is 10.4 Å². The lowest BCUT2D eigenvalue weighted by Gasteiger charge is -2.06. The van der Waals surface area contributed by atoms with Crippen molar-refractivity contribution in [2.75, 3.05) is 11.9 Å². The van der Waals surface area contributed by atoms with Gasteiger partial charge in [-0.25, -0.2) is 0 Å². The number of hydrogen-bond donors (Lipinski definition) is 2. The van der Waals surface area contributed by atoms with Gasteiger partial charge in [0, 0.05) is 16.8 Å². The van der Waals surface area contributed by atoms with E-state index in [-0.39, 0.29) is 12.5 Å². The minimum absolute atomic E-state index is 0.155. The second kappa shape index (κ2) is 6.55. The molecule has 2 aromatic carbocycles. The first-order chi connectivity index (χ1) is 9.69. The molecule has 20 heavy (non-hydrogen) atoms. The summed E-state index contributed by atoms with van der Waals surface area (Å²) in [5.41, 5.74) is 3.21. The minimum atomic E-state index is -0.171. The number of carbonyl (C=O) groups is 1. The van der Waals surface area contributed by atoms with Crippen LogP contribution in [0.3, 0.4) is 0 Å². The van der Waals surface area contributed by atoms with E-state index in [4.69, 9.17) is 5.11 Å². The maximum absolute atomic E-state index is 12.1. The van der Waals surface area contributed by atoms with Crippen molar-refractivity contribution in [2.24, 2.45) is 0 Å². The molecule has 0 saturated heterocycles. The molecule has 0 heterocycles. The van der Waals surface area contributed by atoms with E-state index in [0.717, 1.165) is 16.8 Å². The molecule has 0 bridgehead atoms. The number of anilines is 1. The zero-order chi connectivity index (χ0) is 14.4. The number of benzene rings is 2. The standard InChI is InChI=1S/C17H15NO2/c1-13-4-2-6-16(12-13)18-17(20)15-9-7-14(8-10-15)5-3-11-19/h2,4,6-10,12,19H,11H2,1H3,(H,18,20). The number of amides is 1. The zero-order valence-electron chi connectivity index (χ0n) is 11.2. The summed E-state index contributed by atoms with van der Waals surface area (Å²) in [4.78, 5) is 12.1. The van der Waals surface area contributed by atoms with Crippen LogP contribution in [-0.4, -0.2) is 17.6 Å². The van der Waals surface area contributed by atoms with Gasteiger partial charge in [0.2, 0.25) is 0 Å². The summed E-state index contributed by atoms with van der Waals surface area (Å²) in [6, 6.07) is 14.6. The lowest BCUT2D eigenvalue weighted by Crippen LogP contribution is -2.11. The Labute approximate surface area is 118 Å². The van der Waals surface area contributed by atoms with Gasteiger partial charge in [0.25, 0.3) is 5.91 Å². The first-order valence-corrected chi connectivity index (χ1v) is 6.27. The van der Waals surface area contributed by atoms with E-state index < -0.39 is 0 Å². The summed E-state index contributed by atoms with van der Waals surface area (Å²) >= 11 is 0. The van der Waals surface area contributed by atoms with Crippen molar-refractivity contribution in [1.29, 1.82) is 0 Å². The normalized spacial score (nSPS) is 9.50. The van der Waals surface area contributed by atoms with Gasteiger partial charge in [-0.1, -0.05) is 24.0 Å². The molecule has 2 rings (SSSR count). The van der Waals surface area contributed by atoms with Crippen LogP contribution < -0.4 is 5.32 Å². The van der Waals surface area contributed by atoms with E-state index in [1.165, 1.54) is 0 Å². The molecule has 0 fully saturated rings. The number of carbonyl (C=O) groups excluding carboxylic acids is 1. The molecule has 0 atom stereocenters. The van der Waals surface area contributed by atoms with E-state index in [2.05, 4.69) is 17.2 Å². The van der Waals surface area contributed by atoms with Crippen LogP contribution >= 0.6 is 0 Å². The van der Waals surface area contributed by atoms with Crippen LogP contribution in [0.5, 0.6) is 0 Å². The average molecular weight is 265 g/mol. The molecule has 1 amide bonds. The molecule has 0 aliphatic carbocycles. The fourth-order valence-corrected chi connectivity index (χ4v) is 1.77. The highest BCUT2D eigenvalue weighted by molar-refractivity contribution is 6.04. The molecule has 0 spiro atoms. The van der Waals surface area contributed by atoms with Crippen molar-refractivity contribution < 1.29 is 9.90 Å². The largest absolute Gasteiger partial charge is 0.384 e. The van der Waals surface area contributed by atoms with Gasteiger partial charge in [0.15, 0.2) is 0 Å². The minimum Gasteiger partial charge on any atom is -0.384 e. The van der Waals surface area contributed by atoms with Crippen LogP contribution in [0.4, 0.5) is 5.69 Å². The van der Waals surface area contributed by atoms with Crippen molar-refractivity contribution in [3.05, 3.63) is 65.2 Å². The Balaban J connectivity index is 2.09. The summed E-state index contributed by atoms with van der Waals surface area (Å²) in [6.45, 7) is 1.81.